The third-order valence-electron chi connectivity index (χ3n) is 4.63. The van der Waals surface area contributed by atoms with Gasteiger partial charge in [-0.1, -0.05) is 13.8 Å². The van der Waals surface area contributed by atoms with Crippen molar-refractivity contribution in [3.8, 4) is 0 Å². The number of nitrogens with one attached hydrogen (secondary N) is 1. The van der Waals surface area contributed by atoms with Crippen LogP contribution in [0.3, 0.4) is 0 Å². The number of rotatable bonds is 3. The van der Waals surface area contributed by atoms with Crippen molar-refractivity contribution in [1.29, 1.82) is 0 Å². The smallest absolute Gasteiger partial charge is 0.222 e. The van der Waals surface area contributed by atoms with E-state index >= 15 is 0 Å². The van der Waals surface area contributed by atoms with E-state index in [2.05, 4.69) is 24.1 Å². The van der Waals surface area contributed by atoms with E-state index in [1.807, 2.05) is 0 Å². The number of carbonyl (C=O) groups excluding carboxylic acids is 1. The number of likely N-dealkylation sites (tertiary alicyclic amines) is 1. The Morgan fingerprint density at radius 3 is 2.94 bits per heavy atom. The molecule has 0 aromatic rings. The molecule has 0 saturated carbocycles. The molecule has 18 heavy (non-hydrogen) atoms. The van der Waals surface area contributed by atoms with Crippen LogP contribution in [-0.2, 0) is 4.79 Å². The molecule has 0 bridgehead atoms. The van der Waals surface area contributed by atoms with Gasteiger partial charge in [0.25, 0.3) is 0 Å². The largest absolute Gasteiger partial charge is 0.343 e. The second-order valence-corrected chi connectivity index (χ2v) is 6.80. The van der Waals surface area contributed by atoms with Crippen molar-refractivity contribution in [2.75, 3.05) is 26.2 Å². The van der Waals surface area contributed by atoms with Gasteiger partial charge in [-0.05, 0) is 56.5 Å². The Kier molecular flexibility index (Phi) is 4.66. The van der Waals surface area contributed by atoms with Crippen LogP contribution in [0.15, 0.2) is 0 Å². The maximum Gasteiger partial charge on any atom is 0.222 e. The van der Waals surface area contributed by atoms with Gasteiger partial charge in [0.05, 0.1) is 0 Å². The Morgan fingerprint density at radius 2 is 2.22 bits per heavy atom. The van der Waals surface area contributed by atoms with Crippen molar-refractivity contribution in [1.82, 2.24) is 10.2 Å². The van der Waals surface area contributed by atoms with Gasteiger partial charge in [0.2, 0.25) is 5.91 Å². The Balaban J connectivity index is 1.78. The quantitative estimate of drug-likeness (QED) is 0.836. The van der Waals surface area contributed by atoms with Gasteiger partial charge >= 0.3 is 0 Å². The van der Waals surface area contributed by atoms with E-state index < -0.39 is 0 Å². The molecule has 3 heteroatoms. The van der Waals surface area contributed by atoms with Crippen molar-refractivity contribution in [2.24, 2.45) is 11.3 Å². The minimum absolute atomic E-state index is 0.344. The monoisotopic (exact) mass is 252 g/mol. The molecule has 0 aromatic heterocycles. The molecule has 1 N–H and O–H groups in total. The molecule has 1 unspecified atom stereocenters. The van der Waals surface area contributed by atoms with Crippen LogP contribution >= 0.6 is 0 Å². The second-order valence-electron chi connectivity index (χ2n) is 6.80. The Labute approximate surface area is 111 Å². The minimum atomic E-state index is 0.344. The highest BCUT2D eigenvalue weighted by atomic mass is 16.2. The standard InChI is InChI=1S/C15H28N2O/c1-15(2)7-5-14(18)17(11-8-15)10-6-13-4-3-9-16-12-13/h13,16H,3-12H2,1-2H3. The third kappa shape index (κ3) is 3.98. The van der Waals surface area contributed by atoms with Crippen LogP contribution in [0, 0.1) is 11.3 Å². The van der Waals surface area contributed by atoms with Crippen molar-refractivity contribution in [3.05, 3.63) is 0 Å². The molecule has 0 aliphatic carbocycles. The SMILES string of the molecule is CC1(C)CCC(=O)N(CCC2CCCNC2)CC1. The van der Waals surface area contributed by atoms with E-state index in [0.717, 1.165) is 44.8 Å². The first-order valence-electron chi connectivity index (χ1n) is 7.55. The van der Waals surface area contributed by atoms with E-state index in [1.165, 1.54) is 25.8 Å². The van der Waals surface area contributed by atoms with Crippen LogP contribution in [0.25, 0.3) is 0 Å². The highest BCUT2D eigenvalue weighted by Gasteiger charge is 2.27. The summed E-state index contributed by atoms with van der Waals surface area (Å²) in [4.78, 5) is 14.2. The fourth-order valence-electron chi connectivity index (χ4n) is 3.04. The molecule has 2 aliphatic heterocycles. The lowest BCUT2D eigenvalue weighted by Gasteiger charge is -2.27. The van der Waals surface area contributed by atoms with Gasteiger partial charge in [-0.3, -0.25) is 4.79 Å². The predicted molar refractivity (Wildman–Crippen MR) is 74.4 cm³/mol. The number of piperidine rings is 1. The fraction of sp³-hybridized carbons (Fsp3) is 0.933. The molecule has 2 fully saturated rings. The number of hydrogen-bond donors (Lipinski definition) is 1. The molecule has 2 saturated heterocycles. The first kappa shape index (κ1) is 13.9. The van der Waals surface area contributed by atoms with Crippen LogP contribution in [0.2, 0.25) is 0 Å². The zero-order chi connectivity index (χ0) is 13.0. The molecule has 1 atom stereocenters. The summed E-state index contributed by atoms with van der Waals surface area (Å²) in [6.07, 6.45) is 6.76. The lowest BCUT2D eigenvalue weighted by Crippen LogP contribution is -2.36. The summed E-state index contributed by atoms with van der Waals surface area (Å²) in [6, 6.07) is 0. The zero-order valence-electron chi connectivity index (χ0n) is 12.0. The first-order chi connectivity index (χ1) is 8.57. The van der Waals surface area contributed by atoms with Crippen molar-refractivity contribution in [3.63, 3.8) is 0 Å². The third-order valence-corrected chi connectivity index (χ3v) is 4.63. The number of carbonyl (C=O) groups is 1. The van der Waals surface area contributed by atoms with Crippen LogP contribution in [-0.4, -0.2) is 37.0 Å². The molecule has 104 valence electrons. The molecule has 3 nitrogen and oxygen atoms in total. The highest BCUT2D eigenvalue weighted by molar-refractivity contribution is 5.76. The molecule has 0 spiro atoms. The van der Waals surface area contributed by atoms with E-state index in [4.69, 9.17) is 0 Å². The molecule has 2 rings (SSSR count). The van der Waals surface area contributed by atoms with E-state index in [-0.39, 0.29) is 0 Å². The van der Waals surface area contributed by atoms with Crippen LogP contribution < -0.4 is 5.32 Å². The summed E-state index contributed by atoms with van der Waals surface area (Å²) in [5.74, 6) is 1.16. The van der Waals surface area contributed by atoms with Gasteiger partial charge in [-0.25, -0.2) is 0 Å². The Bertz CT molecular complexity index is 282. The van der Waals surface area contributed by atoms with E-state index in [9.17, 15) is 4.79 Å². The van der Waals surface area contributed by atoms with Crippen molar-refractivity contribution in [2.45, 2.75) is 52.4 Å². The molecular formula is C15H28N2O. The van der Waals surface area contributed by atoms with Crippen molar-refractivity contribution < 1.29 is 4.79 Å². The maximum absolute atomic E-state index is 12.1. The summed E-state index contributed by atoms with van der Waals surface area (Å²) < 4.78 is 0. The van der Waals surface area contributed by atoms with Gasteiger partial charge < -0.3 is 10.2 Å². The molecular weight excluding hydrogens is 224 g/mol. The normalized spacial score (nSPS) is 29.1. The van der Waals surface area contributed by atoms with Gasteiger partial charge in [0, 0.05) is 19.5 Å². The predicted octanol–water partition coefficient (Wildman–Crippen LogP) is 2.41. The number of amides is 1. The highest BCUT2D eigenvalue weighted by Crippen LogP contribution is 2.30. The topological polar surface area (TPSA) is 32.3 Å². The Morgan fingerprint density at radius 1 is 1.39 bits per heavy atom. The molecule has 2 aliphatic rings. The van der Waals surface area contributed by atoms with Crippen molar-refractivity contribution >= 4 is 5.91 Å². The average molecular weight is 252 g/mol. The molecule has 1 amide bonds. The second kappa shape index (κ2) is 6.05. The summed E-state index contributed by atoms with van der Waals surface area (Å²) in [5.41, 5.74) is 0.344. The van der Waals surface area contributed by atoms with Crippen LogP contribution in [0.5, 0.6) is 0 Å². The lowest BCUT2D eigenvalue weighted by atomic mass is 9.85. The molecule has 2 heterocycles. The van der Waals surface area contributed by atoms with Crippen LogP contribution in [0.1, 0.15) is 52.4 Å². The summed E-state index contributed by atoms with van der Waals surface area (Å²) >= 11 is 0. The van der Waals surface area contributed by atoms with E-state index in [1.54, 1.807) is 0 Å². The summed E-state index contributed by atoms with van der Waals surface area (Å²) in [6.45, 7) is 8.83. The molecule has 0 radical (unpaired) electrons. The van der Waals surface area contributed by atoms with Gasteiger partial charge in [0.1, 0.15) is 0 Å². The zero-order valence-corrected chi connectivity index (χ0v) is 12.0. The number of hydrogen-bond acceptors (Lipinski definition) is 2. The molecule has 0 aromatic carbocycles. The van der Waals surface area contributed by atoms with Crippen LogP contribution in [0.4, 0.5) is 0 Å². The van der Waals surface area contributed by atoms with Gasteiger partial charge in [-0.15, -0.1) is 0 Å². The minimum Gasteiger partial charge on any atom is -0.343 e. The maximum atomic E-state index is 12.1. The average Bonchev–Trinajstić information content (AvgIpc) is 2.49. The van der Waals surface area contributed by atoms with Gasteiger partial charge in [-0.2, -0.15) is 0 Å². The summed E-state index contributed by atoms with van der Waals surface area (Å²) in [5, 5.41) is 3.46. The van der Waals surface area contributed by atoms with E-state index in [0.29, 0.717) is 11.3 Å². The first-order valence-corrected chi connectivity index (χ1v) is 7.55. The Hall–Kier alpha value is -0.570. The lowest BCUT2D eigenvalue weighted by molar-refractivity contribution is -0.130. The van der Waals surface area contributed by atoms with Gasteiger partial charge in [0.15, 0.2) is 0 Å². The summed E-state index contributed by atoms with van der Waals surface area (Å²) in [7, 11) is 0. The number of nitrogens with zero attached hydrogens (tertiary/aromatic N) is 1. The fourth-order valence-corrected chi connectivity index (χ4v) is 3.04.